The molecule has 2 aliphatic heterocycles. The van der Waals surface area contributed by atoms with Gasteiger partial charge in [-0.25, -0.2) is 8.42 Å². The Balaban J connectivity index is 1.41. The van der Waals surface area contributed by atoms with E-state index in [1.54, 1.807) is 22.3 Å². The highest BCUT2D eigenvalue weighted by Crippen LogP contribution is 2.37. The number of sulfonamides is 1. The van der Waals surface area contributed by atoms with E-state index in [2.05, 4.69) is 15.6 Å². The lowest BCUT2D eigenvalue weighted by atomic mass is 10.0. The molecule has 1 fully saturated rings. The molecule has 0 N–H and O–H groups in total. The summed E-state index contributed by atoms with van der Waals surface area (Å²) >= 11 is 8.13. The third-order valence-corrected chi connectivity index (χ3v) is 9.44. The van der Waals surface area contributed by atoms with Crippen LogP contribution in [-0.4, -0.2) is 73.1 Å². The molecular formula is C25H31ClN4O4S2. The van der Waals surface area contributed by atoms with Gasteiger partial charge in [0.05, 0.1) is 42.2 Å². The zero-order valence-electron chi connectivity index (χ0n) is 20.4. The fourth-order valence-corrected chi connectivity index (χ4v) is 6.69. The van der Waals surface area contributed by atoms with Crippen LogP contribution in [0.5, 0.6) is 0 Å². The molecule has 0 saturated carbocycles. The minimum absolute atomic E-state index is 0.338. The van der Waals surface area contributed by atoms with E-state index in [0.29, 0.717) is 30.3 Å². The molecule has 4 heterocycles. The first-order chi connectivity index (χ1) is 17.4. The molecule has 2 aromatic heterocycles. The lowest BCUT2D eigenvalue weighted by Gasteiger charge is -2.27. The lowest BCUT2D eigenvalue weighted by Crippen LogP contribution is -2.37. The summed E-state index contributed by atoms with van der Waals surface area (Å²) in [6, 6.07) is 9.73. The summed E-state index contributed by atoms with van der Waals surface area (Å²) in [5.74, 6) is 1.55. The molecule has 0 unspecified atom stereocenters. The van der Waals surface area contributed by atoms with Crippen molar-refractivity contribution >= 4 is 33.4 Å². The normalized spacial score (nSPS) is 17.4. The molecule has 194 valence electrons. The number of furan rings is 1. The van der Waals surface area contributed by atoms with Gasteiger partial charge in [0.1, 0.15) is 5.76 Å². The van der Waals surface area contributed by atoms with E-state index in [1.165, 1.54) is 6.26 Å². The fraction of sp³-hybridized carbons (Fsp3) is 0.480. The Bertz CT molecular complexity index is 1290. The molecule has 1 aromatic carbocycles. The molecule has 0 bridgehead atoms. The van der Waals surface area contributed by atoms with Crippen LogP contribution in [-0.2, 0) is 40.0 Å². The predicted octanol–water partition coefficient (Wildman–Crippen LogP) is 4.13. The number of hydrogen-bond acceptors (Lipinski definition) is 7. The van der Waals surface area contributed by atoms with Crippen molar-refractivity contribution in [3.63, 3.8) is 0 Å². The molecule has 0 radical (unpaired) electrons. The van der Waals surface area contributed by atoms with Crippen molar-refractivity contribution < 1.29 is 17.6 Å². The summed E-state index contributed by atoms with van der Waals surface area (Å²) in [6.07, 6.45) is 4.57. The van der Waals surface area contributed by atoms with E-state index in [4.69, 9.17) is 25.9 Å². The number of thioether (sulfide) groups is 1. The second-order valence-electron chi connectivity index (χ2n) is 9.16. The lowest BCUT2D eigenvalue weighted by molar-refractivity contribution is 0.0368. The molecule has 0 amide bonds. The molecule has 0 spiro atoms. The number of nitrogens with zero attached hydrogens (tertiary/aromatic N) is 4. The Morgan fingerprint density at radius 1 is 1.14 bits per heavy atom. The van der Waals surface area contributed by atoms with Crippen LogP contribution in [0.15, 0.2) is 45.9 Å². The maximum Gasteiger partial charge on any atom is 0.211 e. The van der Waals surface area contributed by atoms with Crippen molar-refractivity contribution in [2.24, 2.45) is 0 Å². The van der Waals surface area contributed by atoms with Crippen molar-refractivity contribution in [1.29, 1.82) is 0 Å². The minimum Gasteiger partial charge on any atom is -0.468 e. The van der Waals surface area contributed by atoms with E-state index in [9.17, 15) is 8.42 Å². The van der Waals surface area contributed by atoms with Crippen LogP contribution in [0.2, 0.25) is 5.02 Å². The number of hydrogen-bond donors (Lipinski definition) is 0. The first kappa shape index (κ1) is 25.8. The average molecular weight is 551 g/mol. The Morgan fingerprint density at radius 2 is 1.97 bits per heavy atom. The Hall–Kier alpha value is -1.82. The molecule has 3 aromatic rings. The summed E-state index contributed by atoms with van der Waals surface area (Å²) in [6.45, 7) is 6.13. The number of aryl methyl sites for hydroxylation is 1. The molecule has 0 aliphatic carbocycles. The van der Waals surface area contributed by atoms with Gasteiger partial charge in [0.2, 0.25) is 10.0 Å². The molecule has 36 heavy (non-hydrogen) atoms. The molecule has 2 aliphatic rings. The highest BCUT2D eigenvalue weighted by Gasteiger charge is 2.30. The minimum atomic E-state index is -3.30. The quantitative estimate of drug-likeness (QED) is 0.371. The number of ether oxygens (including phenoxy) is 1. The summed E-state index contributed by atoms with van der Waals surface area (Å²) in [4.78, 5) is 3.37. The third-order valence-electron chi connectivity index (χ3n) is 6.67. The number of fused-ring (bicyclic) bond motifs is 1. The van der Waals surface area contributed by atoms with E-state index in [-0.39, 0.29) is 0 Å². The first-order valence-electron chi connectivity index (χ1n) is 12.2. The SMILES string of the molecule is CS(=O)(=O)N1CCc2c(c(-c3ccc(Cl)c(SCc4ccco4)c3)nn2CCCN2CCOCC2)C1. The number of halogens is 1. The molecular weight excluding hydrogens is 520 g/mol. The van der Waals surface area contributed by atoms with Crippen LogP contribution in [0, 0.1) is 0 Å². The highest BCUT2D eigenvalue weighted by molar-refractivity contribution is 7.98. The van der Waals surface area contributed by atoms with Crippen LogP contribution in [0.4, 0.5) is 0 Å². The average Bonchev–Trinajstić information content (AvgIpc) is 3.52. The predicted molar refractivity (Wildman–Crippen MR) is 142 cm³/mol. The maximum atomic E-state index is 12.3. The molecule has 8 nitrogen and oxygen atoms in total. The second-order valence-corrected chi connectivity index (χ2v) is 12.6. The molecule has 0 atom stereocenters. The van der Waals surface area contributed by atoms with E-state index in [0.717, 1.165) is 79.0 Å². The fourth-order valence-electron chi connectivity index (χ4n) is 4.74. The van der Waals surface area contributed by atoms with Gasteiger partial charge in [-0.3, -0.25) is 9.58 Å². The Kier molecular flexibility index (Phi) is 8.09. The topological polar surface area (TPSA) is 80.8 Å². The summed E-state index contributed by atoms with van der Waals surface area (Å²) in [5.41, 5.74) is 3.90. The van der Waals surface area contributed by atoms with Crippen molar-refractivity contribution in [1.82, 2.24) is 19.0 Å². The van der Waals surface area contributed by atoms with Crippen LogP contribution < -0.4 is 0 Å². The smallest absolute Gasteiger partial charge is 0.211 e. The van der Waals surface area contributed by atoms with Gasteiger partial charge in [-0.15, -0.1) is 11.8 Å². The number of rotatable bonds is 9. The van der Waals surface area contributed by atoms with Gasteiger partial charge in [0, 0.05) is 67.4 Å². The largest absolute Gasteiger partial charge is 0.468 e. The van der Waals surface area contributed by atoms with Gasteiger partial charge in [0.15, 0.2) is 0 Å². The number of benzene rings is 1. The van der Waals surface area contributed by atoms with E-state index < -0.39 is 10.0 Å². The number of aromatic nitrogens is 2. The highest BCUT2D eigenvalue weighted by atomic mass is 35.5. The van der Waals surface area contributed by atoms with Gasteiger partial charge >= 0.3 is 0 Å². The number of morpholine rings is 1. The summed E-state index contributed by atoms with van der Waals surface area (Å²) < 4.78 is 39.2. The van der Waals surface area contributed by atoms with Crippen molar-refractivity contribution in [3.8, 4) is 11.3 Å². The van der Waals surface area contributed by atoms with Crippen LogP contribution in [0.3, 0.4) is 0 Å². The first-order valence-corrected chi connectivity index (χ1v) is 15.4. The van der Waals surface area contributed by atoms with Gasteiger partial charge in [-0.2, -0.15) is 9.40 Å². The maximum absolute atomic E-state index is 12.3. The van der Waals surface area contributed by atoms with Crippen molar-refractivity contribution in [3.05, 3.63) is 58.6 Å². The molecule has 5 rings (SSSR count). The van der Waals surface area contributed by atoms with Crippen LogP contribution in [0.1, 0.15) is 23.4 Å². The molecule has 1 saturated heterocycles. The Labute approximate surface area is 221 Å². The van der Waals surface area contributed by atoms with Gasteiger partial charge in [-0.1, -0.05) is 17.7 Å². The van der Waals surface area contributed by atoms with Crippen LogP contribution >= 0.6 is 23.4 Å². The van der Waals surface area contributed by atoms with Gasteiger partial charge < -0.3 is 9.15 Å². The third kappa shape index (κ3) is 6.00. The van der Waals surface area contributed by atoms with Crippen molar-refractivity contribution in [2.45, 2.75) is 36.6 Å². The standard InChI is InChI=1S/C25H31ClN4O4S2/c1-36(31,32)29-10-7-23-21(17-29)25(27-30(23)9-3-8-28-11-14-33-15-12-28)19-5-6-22(26)24(16-19)35-18-20-4-2-13-34-20/h2,4-6,13,16H,3,7-12,14-15,17-18H2,1H3. The zero-order valence-corrected chi connectivity index (χ0v) is 22.7. The van der Waals surface area contributed by atoms with E-state index >= 15 is 0 Å². The molecule has 11 heteroatoms. The van der Waals surface area contributed by atoms with Gasteiger partial charge in [-0.05, 0) is 30.7 Å². The van der Waals surface area contributed by atoms with E-state index in [1.807, 2.05) is 24.3 Å². The van der Waals surface area contributed by atoms with Crippen molar-refractivity contribution in [2.75, 3.05) is 45.6 Å². The van der Waals surface area contributed by atoms with Crippen LogP contribution in [0.25, 0.3) is 11.3 Å². The monoisotopic (exact) mass is 550 g/mol. The summed E-state index contributed by atoms with van der Waals surface area (Å²) in [7, 11) is -3.30. The second kappa shape index (κ2) is 11.3. The van der Waals surface area contributed by atoms with Gasteiger partial charge in [0.25, 0.3) is 0 Å². The summed E-state index contributed by atoms with van der Waals surface area (Å²) in [5, 5.41) is 5.70. The zero-order chi connectivity index (χ0) is 25.1. The Morgan fingerprint density at radius 3 is 2.72 bits per heavy atom.